The predicted octanol–water partition coefficient (Wildman–Crippen LogP) is 3.78. The topological polar surface area (TPSA) is 35.8 Å². The Morgan fingerprint density at radius 1 is 1.47 bits per heavy atom. The van der Waals surface area contributed by atoms with Gasteiger partial charge in [-0.3, -0.25) is 0 Å². The number of rotatable bonds is 1. The summed E-state index contributed by atoms with van der Waals surface area (Å²) in [7, 11) is 0. The van der Waals surface area contributed by atoms with Crippen molar-refractivity contribution in [3.05, 3.63) is 23.8 Å². The molecule has 0 saturated carbocycles. The summed E-state index contributed by atoms with van der Waals surface area (Å²) in [5, 5.41) is 12.3. The first-order chi connectivity index (χ1) is 8.02. The van der Waals surface area contributed by atoms with Crippen LogP contribution in [-0.4, -0.2) is 11.8 Å². The zero-order valence-corrected chi connectivity index (χ0v) is 11.4. The molecule has 1 aromatic rings. The molecule has 0 aromatic heterocycles. The summed E-state index contributed by atoms with van der Waals surface area (Å²) < 4.78 is 0. The number of anilines is 1. The van der Waals surface area contributed by atoms with Gasteiger partial charge in [-0.15, -0.1) is 11.8 Å². The second kappa shape index (κ2) is 4.62. The molecule has 0 fully saturated rings. The number of para-hydroxylation sites is 1. The van der Waals surface area contributed by atoms with Crippen molar-refractivity contribution in [2.45, 2.75) is 43.5 Å². The second-order valence-electron chi connectivity index (χ2n) is 5.44. The Hall–Kier alpha value is -1.14. The number of hydrogen-bond donors (Lipinski definition) is 1. The minimum atomic E-state index is 0.132. The van der Waals surface area contributed by atoms with Gasteiger partial charge in [0.15, 0.2) is 0 Å². The summed E-state index contributed by atoms with van der Waals surface area (Å²) in [6.07, 6.45) is 0.574. The number of nitrogens with one attached hydrogen (secondary N) is 1. The average molecular weight is 246 g/mol. The number of nitriles is 1. The Balaban J connectivity index is 2.37. The van der Waals surface area contributed by atoms with Gasteiger partial charge in [-0.05, 0) is 17.0 Å². The van der Waals surface area contributed by atoms with Gasteiger partial charge in [0.2, 0.25) is 0 Å². The van der Waals surface area contributed by atoms with Crippen LogP contribution < -0.4 is 5.32 Å². The van der Waals surface area contributed by atoms with E-state index in [2.05, 4.69) is 50.4 Å². The highest BCUT2D eigenvalue weighted by Gasteiger charge is 2.25. The maximum atomic E-state index is 8.80. The van der Waals surface area contributed by atoms with Crippen molar-refractivity contribution in [1.82, 2.24) is 0 Å². The Labute approximate surface area is 107 Å². The van der Waals surface area contributed by atoms with E-state index in [0.717, 1.165) is 5.75 Å². The van der Waals surface area contributed by atoms with Crippen LogP contribution in [0.25, 0.3) is 0 Å². The quantitative estimate of drug-likeness (QED) is 0.819. The molecule has 90 valence electrons. The number of hydrogen-bond acceptors (Lipinski definition) is 3. The summed E-state index contributed by atoms with van der Waals surface area (Å²) in [5.41, 5.74) is 2.70. The third-order valence-electron chi connectivity index (χ3n) is 2.96. The molecule has 1 aliphatic heterocycles. The molecule has 0 saturated heterocycles. The van der Waals surface area contributed by atoms with Crippen LogP contribution in [0.1, 0.15) is 32.8 Å². The average Bonchev–Trinajstić information content (AvgIpc) is 2.27. The van der Waals surface area contributed by atoms with Crippen LogP contribution in [0.2, 0.25) is 0 Å². The normalized spacial score (nSPS) is 19.1. The summed E-state index contributed by atoms with van der Waals surface area (Å²) >= 11 is 1.85. The van der Waals surface area contributed by atoms with Crippen LogP contribution in [0.15, 0.2) is 23.1 Å². The molecule has 0 amide bonds. The fourth-order valence-electron chi connectivity index (χ4n) is 2.08. The summed E-state index contributed by atoms with van der Waals surface area (Å²) in [4.78, 5) is 1.31. The molecule has 0 radical (unpaired) electrons. The van der Waals surface area contributed by atoms with Gasteiger partial charge in [0.25, 0.3) is 0 Å². The van der Waals surface area contributed by atoms with Crippen LogP contribution in [0.5, 0.6) is 0 Å². The number of thioether (sulfide) groups is 1. The predicted molar refractivity (Wildman–Crippen MR) is 73.5 cm³/mol. The van der Waals surface area contributed by atoms with Gasteiger partial charge in [0.1, 0.15) is 0 Å². The number of benzene rings is 1. The van der Waals surface area contributed by atoms with Crippen LogP contribution in [0.3, 0.4) is 0 Å². The molecule has 0 spiro atoms. The Kier molecular flexibility index (Phi) is 3.35. The molecule has 2 nitrogen and oxygen atoms in total. The third-order valence-corrected chi connectivity index (χ3v) is 4.18. The van der Waals surface area contributed by atoms with Crippen LogP contribution in [0, 0.1) is 11.3 Å². The SMILES string of the molecule is CC(C)(C)c1cccc2c1NC(CC#N)CS2. The van der Waals surface area contributed by atoms with Gasteiger partial charge in [-0.25, -0.2) is 0 Å². The smallest absolute Gasteiger partial charge is 0.0643 e. The highest BCUT2D eigenvalue weighted by atomic mass is 32.2. The molecular formula is C14H18N2S. The van der Waals surface area contributed by atoms with Crippen molar-refractivity contribution in [2.75, 3.05) is 11.1 Å². The first-order valence-corrected chi connectivity index (χ1v) is 6.90. The van der Waals surface area contributed by atoms with Gasteiger partial charge >= 0.3 is 0 Å². The molecule has 1 unspecified atom stereocenters. The zero-order chi connectivity index (χ0) is 12.5. The van der Waals surface area contributed by atoms with E-state index in [1.165, 1.54) is 16.1 Å². The fraction of sp³-hybridized carbons (Fsp3) is 0.500. The van der Waals surface area contributed by atoms with Crippen molar-refractivity contribution in [1.29, 1.82) is 5.26 Å². The van der Waals surface area contributed by atoms with Crippen LogP contribution in [0.4, 0.5) is 5.69 Å². The minimum absolute atomic E-state index is 0.132. The number of fused-ring (bicyclic) bond motifs is 1. The van der Waals surface area contributed by atoms with E-state index in [4.69, 9.17) is 5.26 Å². The lowest BCUT2D eigenvalue weighted by molar-refractivity contribution is 0.588. The molecule has 2 rings (SSSR count). The largest absolute Gasteiger partial charge is 0.379 e. The van der Waals surface area contributed by atoms with Crippen LogP contribution >= 0.6 is 11.8 Å². The monoisotopic (exact) mass is 246 g/mol. The number of nitrogens with zero attached hydrogens (tertiary/aromatic N) is 1. The first kappa shape index (κ1) is 12.3. The van der Waals surface area contributed by atoms with Gasteiger partial charge in [-0.2, -0.15) is 5.26 Å². The molecule has 17 heavy (non-hydrogen) atoms. The van der Waals surface area contributed by atoms with E-state index in [9.17, 15) is 0 Å². The molecule has 1 heterocycles. The molecular weight excluding hydrogens is 228 g/mol. The molecule has 0 aliphatic carbocycles. The van der Waals surface area contributed by atoms with Crippen LogP contribution in [-0.2, 0) is 5.41 Å². The van der Waals surface area contributed by atoms with E-state index < -0.39 is 0 Å². The Morgan fingerprint density at radius 2 is 2.24 bits per heavy atom. The Morgan fingerprint density at radius 3 is 2.88 bits per heavy atom. The summed E-state index contributed by atoms with van der Waals surface area (Å²) in [5.74, 6) is 0.980. The Bertz CT molecular complexity index is 454. The van der Waals surface area contributed by atoms with E-state index >= 15 is 0 Å². The summed E-state index contributed by atoms with van der Waals surface area (Å²) in [6.45, 7) is 6.68. The molecule has 0 bridgehead atoms. The summed E-state index contributed by atoms with van der Waals surface area (Å²) in [6, 6.07) is 8.99. The maximum absolute atomic E-state index is 8.80. The molecule has 1 atom stereocenters. The van der Waals surface area contributed by atoms with Crippen molar-refractivity contribution in [3.8, 4) is 6.07 Å². The standard InChI is InChI=1S/C14H18N2S/c1-14(2,3)11-5-4-6-12-13(11)16-10(7-8-15)9-17-12/h4-6,10,16H,7,9H2,1-3H3. The van der Waals surface area contributed by atoms with Gasteiger partial charge in [0.05, 0.1) is 18.2 Å². The van der Waals surface area contributed by atoms with Crippen molar-refractivity contribution < 1.29 is 0 Å². The lowest BCUT2D eigenvalue weighted by atomic mass is 9.85. The lowest BCUT2D eigenvalue weighted by Gasteiger charge is -2.31. The second-order valence-corrected chi connectivity index (χ2v) is 6.51. The lowest BCUT2D eigenvalue weighted by Crippen LogP contribution is -2.28. The van der Waals surface area contributed by atoms with Crippen molar-refractivity contribution >= 4 is 17.4 Å². The van der Waals surface area contributed by atoms with Gasteiger partial charge < -0.3 is 5.32 Å². The van der Waals surface area contributed by atoms with Crippen molar-refractivity contribution in [3.63, 3.8) is 0 Å². The van der Waals surface area contributed by atoms with Gasteiger partial charge in [-0.1, -0.05) is 32.9 Å². The third kappa shape index (κ3) is 2.58. The van der Waals surface area contributed by atoms with E-state index in [1.54, 1.807) is 0 Å². The van der Waals surface area contributed by atoms with E-state index in [-0.39, 0.29) is 11.5 Å². The highest BCUT2D eigenvalue weighted by molar-refractivity contribution is 7.99. The van der Waals surface area contributed by atoms with E-state index in [1.807, 2.05) is 11.8 Å². The fourth-order valence-corrected chi connectivity index (χ4v) is 3.15. The molecule has 1 N–H and O–H groups in total. The molecule has 1 aliphatic rings. The zero-order valence-electron chi connectivity index (χ0n) is 10.6. The van der Waals surface area contributed by atoms with E-state index in [0.29, 0.717) is 6.42 Å². The highest BCUT2D eigenvalue weighted by Crippen LogP contribution is 2.40. The van der Waals surface area contributed by atoms with Crippen molar-refractivity contribution in [2.24, 2.45) is 0 Å². The molecule has 1 aromatic carbocycles. The minimum Gasteiger partial charge on any atom is -0.379 e. The maximum Gasteiger partial charge on any atom is 0.0643 e. The first-order valence-electron chi connectivity index (χ1n) is 5.92. The molecule has 3 heteroatoms. The van der Waals surface area contributed by atoms with Gasteiger partial charge in [0, 0.05) is 16.7 Å².